The molecule has 2 saturated carbocycles. The maximum absolute atomic E-state index is 13.0. The van der Waals surface area contributed by atoms with Gasteiger partial charge in [0.25, 0.3) is 0 Å². The van der Waals surface area contributed by atoms with Gasteiger partial charge in [-0.25, -0.2) is 4.79 Å². The number of aliphatic hydroxyl groups excluding tert-OH is 2. The van der Waals surface area contributed by atoms with Gasteiger partial charge >= 0.3 is 6.09 Å². The first-order chi connectivity index (χ1) is 18.6. The third kappa shape index (κ3) is 6.18. The fourth-order valence-electron chi connectivity index (χ4n) is 6.81. The van der Waals surface area contributed by atoms with Crippen molar-refractivity contribution in [3.63, 3.8) is 0 Å². The minimum Gasteiger partial charge on any atom is -0.497 e. The summed E-state index contributed by atoms with van der Waals surface area (Å²) in [5.41, 5.74) is -0.661. The van der Waals surface area contributed by atoms with Crippen LogP contribution in [0.4, 0.5) is 10.5 Å². The van der Waals surface area contributed by atoms with Crippen LogP contribution in [0.1, 0.15) is 50.8 Å². The Morgan fingerprint density at radius 2 is 1.82 bits per heavy atom. The van der Waals surface area contributed by atoms with Crippen molar-refractivity contribution in [3.05, 3.63) is 40.6 Å². The summed E-state index contributed by atoms with van der Waals surface area (Å²) in [6.07, 6.45) is 0.834. The first-order valence-corrected chi connectivity index (χ1v) is 14.3. The third-order valence-corrected chi connectivity index (χ3v) is 9.84. The van der Waals surface area contributed by atoms with E-state index in [0.29, 0.717) is 49.4 Å². The molecule has 4 N–H and O–H groups in total. The van der Waals surface area contributed by atoms with Crippen LogP contribution in [0.25, 0.3) is 0 Å². The van der Waals surface area contributed by atoms with E-state index in [0.717, 1.165) is 4.88 Å². The zero-order valence-electron chi connectivity index (χ0n) is 23.1. The van der Waals surface area contributed by atoms with Crippen molar-refractivity contribution in [2.24, 2.45) is 22.7 Å². The number of thiophene rings is 1. The van der Waals surface area contributed by atoms with Crippen molar-refractivity contribution >= 4 is 29.0 Å². The smallest absolute Gasteiger partial charge is 0.411 e. The average Bonchev–Trinajstić information content (AvgIpc) is 3.45. The number of fused-ring (bicyclic) bond motifs is 1. The lowest BCUT2D eigenvalue weighted by molar-refractivity contribution is -0.185. The number of amides is 2. The standard InChI is InChI=1S/C29H40N2O7S/c1-28-10-9-25(38-27(35)31-18-12-19(36-3)14-20(13-18)37-4)29(2,17-32)24(28)8-7-23(33)22(28)15-26(34)30-16-21-6-5-11-39-21/h5-6,11-14,22-25,32-33H,7-10,15-17H2,1-4H3,(H,30,34)(H,31,35)/t22-,23-,24?,25-,28+,29+/m1/s1. The Kier molecular flexibility index (Phi) is 9.08. The quantitative estimate of drug-likeness (QED) is 0.354. The van der Waals surface area contributed by atoms with E-state index in [9.17, 15) is 19.8 Å². The molecule has 9 nitrogen and oxygen atoms in total. The summed E-state index contributed by atoms with van der Waals surface area (Å²) in [5.74, 6) is 0.668. The first kappa shape index (κ1) is 29.2. The monoisotopic (exact) mass is 560 g/mol. The lowest BCUT2D eigenvalue weighted by Gasteiger charge is -2.60. The average molecular weight is 561 g/mol. The maximum Gasteiger partial charge on any atom is 0.411 e. The molecule has 214 valence electrons. The summed E-state index contributed by atoms with van der Waals surface area (Å²) in [5, 5.41) is 29.4. The van der Waals surface area contributed by atoms with Crippen LogP contribution in [-0.2, 0) is 16.1 Å². The minimum absolute atomic E-state index is 0.0445. The number of nitrogens with one attached hydrogen (secondary N) is 2. The molecule has 1 aromatic carbocycles. The number of ether oxygens (including phenoxy) is 3. The van der Waals surface area contributed by atoms with Crippen LogP contribution in [0, 0.1) is 22.7 Å². The Labute approximate surface area is 233 Å². The zero-order chi connectivity index (χ0) is 28.2. The highest BCUT2D eigenvalue weighted by molar-refractivity contribution is 7.09. The largest absolute Gasteiger partial charge is 0.497 e. The van der Waals surface area contributed by atoms with Crippen molar-refractivity contribution in [2.45, 2.75) is 64.7 Å². The molecule has 2 aliphatic carbocycles. The maximum atomic E-state index is 13.0. The van der Waals surface area contributed by atoms with Crippen molar-refractivity contribution in [3.8, 4) is 11.5 Å². The second-order valence-corrected chi connectivity index (χ2v) is 12.2. The summed E-state index contributed by atoms with van der Waals surface area (Å²) in [6.45, 7) is 4.36. The lowest BCUT2D eigenvalue weighted by Crippen LogP contribution is -2.61. The number of hydrogen-bond acceptors (Lipinski definition) is 8. The van der Waals surface area contributed by atoms with Crippen LogP contribution in [0.2, 0.25) is 0 Å². The number of rotatable bonds is 9. The molecule has 0 radical (unpaired) electrons. The highest BCUT2D eigenvalue weighted by Crippen LogP contribution is 2.61. The highest BCUT2D eigenvalue weighted by Gasteiger charge is 2.60. The van der Waals surface area contributed by atoms with Crippen LogP contribution in [-0.4, -0.2) is 55.2 Å². The second kappa shape index (κ2) is 12.1. The van der Waals surface area contributed by atoms with Crippen molar-refractivity contribution < 1.29 is 34.0 Å². The minimum atomic E-state index is -0.734. The summed E-state index contributed by atoms with van der Waals surface area (Å²) in [7, 11) is 3.06. The van der Waals surface area contributed by atoms with Gasteiger partial charge in [0, 0.05) is 34.9 Å². The molecule has 0 aliphatic heterocycles. The fourth-order valence-corrected chi connectivity index (χ4v) is 7.45. The Morgan fingerprint density at radius 3 is 2.44 bits per heavy atom. The molecule has 10 heteroatoms. The molecule has 1 unspecified atom stereocenters. The summed E-state index contributed by atoms with van der Waals surface area (Å²) >= 11 is 1.59. The van der Waals surface area contributed by atoms with Gasteiger partial charge in [0.05, 0.1) is 39.2 Å². The zero-order valence-corrected chi connectivity index (χ0v) is 23.9. The van der Waals surface area contributed by atoms with E-state index in [-0.39, 0.29) is 30.8 Å². The van der Waals surface area contributed by atoms with Gasteiger partial charge in [-0.2, -0.15) is 0 Å². The number of methoxy groups -OCH3 is 2. The summed E-state index contributed by atoms with van der Waals surface area (Å²) in [6, 6.07) is 8.98. The number of carbonyl (C=O) groups is 2. The van der Waals surface area contributed by atoms with Crippen LogP contribution < -0.4 is 20.1 Å². The van der Waals surface area contributed by atoms with Crippen LogP contribution >= 0.6 is 11.3 Å². The van der Waals surface area contributed by atoms with Crippen LogP contribution in [0.5, 0.6) is 11.5 Å². The second-order valence-electron chi connectivity index (χ2n) is 11.2. The molecule has 6 atom stereocenters. The Morgan fingerprint density at radius 1 is 1.10 bits per heavy atom. The molecule has 1 heterocycles. The third-order valence-electron chi connectivity index (χ3n) is 8.97. The molecule has 2 fully saturated rings. The predicted molar refractivity (Wildman–Crippen MR) is 149 cm³/mol. The number of hydrogen-bond donors (Lipinski definition) is 4. The SMILES string of the molecule is COc1cc(NC(=O)O[C@@H]2CC[C@]3(C)C(CC[C@@H](O)[C@H]3CC(=O)NCc3cccs3)[C@]2(C)CO)cc(OC)c1. The Hall–Kier alpha value is -2.82. The Bertz CT molecular complexity index is 1120. The molecular weight excluding hydrogens is 520 g/mol. The topological polar surface area (TPSA) is 126 Å². The van der Waals surface area contributed by atoms with E-state index in [4.69, 9.17) is 14.2 Å². The number of aliphatic hydroxyl groups is 2. The predicted octanol–water partition coefficient (Wildman–Crippen LogP) is 4.57. The van der Waals surface area contributed by atoms with Gasteiger partial charge in [0.1, 0.15) is 17.6 Å². The fraction of sp³-hybridized carbons (Fsp3) is 0.586. The molecule has 0 spiro atoms. The number of anilines is 1. The number of carbonyl (C=O) groups excluding carboxylic acids is 2. The molecule has 39 heavy (non-hydrogen) atoms. The Balaban J connectivity index is 1.46. The van der Waals surface area contributed by atoms with Gasteiger partial charge in [-0.15, -0.1) is 11.3 Å². The van der Waals surface area contributed by atoms with E-state index < -0.39 is 29.1 Å². The van der Waals surface area contributed by atoms with Crippen LogP contribution in [0.15, 0.2) is 35.7 Å². The van der Waals surface area contributed by atoms with Gasteiger partial charge in [0.15, 0.2) is 0 Å². The summed E-state index contributed by atoms with van der Waals surface area (Å²) < 4.78 is 16.5. The van der Waals surface area contributed by atoms with Crippen LogP contribution in [0.3, 0.4) is 0 Å². The molecule has 0 bridgehead atoms. The van der Waals surface area contributed by atoms with Gasteiger partial charge in [-0.3, -0.25) is 10.1 Å². The normalized spacial score (nSPS) is 30.1. The molecular formula is C29H40N2O7S. The van der Waals surface area contributed by atoms with Gasteiger partial charge < -0.3 is 29.7 Å². The highest BCUT2D eigenvalue weighted by atomic mass is 32.1. The molecule has 1 aromatic heterocycles. The van der Waals surface area contributed by atoms with E-state index >= 15 is 0 Å². The molecule has 4 rings (SSSR count). The van der Waals surface area contributed by atoms with Crippen molar-refractivity contribution in [2.75, 3.05) is 26.1 Å². The van der Waals surface area contributed by atoms with Crippen molar-refractivity contribution in [1.29, 1.82) is 0 Å². The van der Waals surface area contributed by atoms with Gasteiger partial charge in [-0.05, 0) is 54.4 Å². The molecule has 0 saturated heterocycles. The number of benzene rings is 1. The van der Waals surface area contributed by atoms with Gasteiger partial charge in [-0.1, -0.05) is 19.9 Å². The molecule has 2 amide bonds. The van der Waals surface area contributed by atoms with E-state index in [1.165, 1.54) is 14.2 Å². The van der Waals surface area contributed by atoms with Gasteiger partial charge in [0.2, 0.25) is 5.91 Å². The lowest BCUT2D eigenvalue weighted by atomic mass is 9.46. The first-order valence-electron chi connectivity index (χ1n) is 13.4. The van der Waals surface area contributed by atoms with E-state index in [2.05, 4.69) is 17.6 Å². The van der Waals surface area contributed by atoms with Crippen molar-refractivity contribution in [1.82, 2.24) is 5.32 Å². The van der Waals surface area contributed by atoms with E-state index in [1.807, 2.05) is 24.4 Å². The molecule has 2 aromatic rings. The van der Waals surface area contributed by atoms with E-state index in [1.54, 1.807) is 29.5 Å². The molecule has 2 aliphatic rings. The summed E-state index contributed by atoms with van der Waals surface area (Å²) in [4.78, 5) is 27.0.